The fraction of sp³-hybridized carbons (Fsp3) is 0.231. The van der Waals surface area contributed by atoms with E-state index in [1.54, 1.807) is 0 Å². The molecule has 1 aliphatic carbocycles. The summed E-state index contributed by atoms with van der Waals surface area (Å²) in [4.78, 5) is 16.0. The van der Waals surface area contributed by atoms with Crippen molar-refractivity contribution in [2.45, 2.75) is 12.8 Å². The number of anilines is 1. The van der Waals surface area contributed by atoms with E-state index in [0.29, 0.717) is 5.13 Å². The first-order valence-corrected chi connectivity index (χ1v) is 7.42. The van der Waals surface area contributed by atoms with Crippen LogP contribution in [-0.2, 0) is 4.79 Å². The SMILES string of the molecule is O=C(Nc1nc(-c2ccc(Br)cc2)cs1)C1CC1. The Hall–Kier alpha value is -1.20. The van der Waals surface area contributed by atoms with Crippen molar-refractivity contribution < 1.29 is 4.79 Å². The van der Waals surface area contributed by atoms with Gasteiger partial charge in [-0.2, -0.15) is 0 Å². The molecular formula is C13H11BrN2OS. The topological polar surface area (TPSA) is 42.0 Å². The Morgan fingerprint density at radius 3 is 2.72 bits per heavy atom. The molecule has 1 N–H and O–H groups in total. The second kappa shape index (κ2) is 4.82. The van der Waals surface area contributed by atoms with E-state index >= 15 is 0 Å². The lowest BCUT2D eigenvalue weighted by molar-refractivity contribution is -0.117. The Kier molecular flexibility index (Phi) is 3.18. The Morgan fingerprint density at radius 2 is 2.06 bits per heavy atom. The minimum Gasteiger partial charge on any atom is -0.302 e. The van der Waals surface area contributed by atoms with Crippen LogP contribution in [0, 0.1) is 5.92 Å². The number of carbonyl (C=O) groups excluding carboxylic acids is 1. The summed E-state index contributed by atoms with van der Waals surface area (Å²) in [6.45, 7) is 0. The predicted octanol–water partition coefficient (Wildman–Crippen LogP) is 3.92. The molecule has 1 saturated carbocycles. The molecule has 0 unspecified atom stereocenters. The number of carbonyl (C=O) groups is 1. The van der Waals surface area contributed by atoms with Crippen molar-refractivity contribution >= 4 is 38.3 Å². The normalized spacial score (nSPS) is 14.5. The van der Waals surface area contributed by atoms with E-state index < -0.39 is 0 Å². The van der Waals surface area contributed by atoms with Crippen LogP contribution in [0.3, 0.4) is 0 Å². The number of nitrogens with zero attached hydrogens (tertiary/aromatic N) is 1. The lowest BCUT2D eigenvalue weighted by atomic mass is 10.2. The molecule has 0 atom stereocenters. The van der Waals surface area contributed by atoms with Gasteiger partial charge in [0.2, 0.25) is 5.91 Å². The molecule has 1 fully saturated rings. The summed E-state index contributed by atoms with van der Waals surface area (Å²) in [7, 11) is 0. The number of halogens is 1. The van der Waals surface area contributed by atoms with Crippen molar-refractivity contribution in [3.63, 3.8) is 0 Å². The minimum absolute atomic E-state index is 0.103. The fourth-order valence-corrected chi connectivity index (χ4v) is 2.62. The number of hydrogen-bond acceptors (Lipinski definition) is 3. The highest BCUT2D eigenvalue weighted by Gasteiger charge is 2.30. The molecule has 2 aromatic rings. The van der Waals surface area contributed by atoms with E-state index in [9.17, 15) is 4.79 Å². The molecule has 1 aliphatic rings. The van der Waals surface area contributed by atoms with Gasteiger partial charge in [0.15, 0.2) is 5.13 Å². The van der Waals surface area contributed by atoms with Crippen LogP contribution in [0.1, 0.15) is 12.8 Å². The van der Waals surface area contributed by atoms with Gasteiger partial charge < -0.3 is 5.32 Å². The van der Waals surface area contributed by atoms with Crippen LogP contribution in [0.25, 0.3) is 11.3 Å². The highest BCUT2D eigenvalue weighted by Crippen LogP contribution is 2.31. The second-order valence-corrected chi connectivity index (χ2v) is 6.08. The summed E-state index contributed by atoms with van der Waals surface area (Å²) in [5, 5.41) is 5.51. The van der Waals surface area contributed by atoms with Crippen molar-refractivity contribution in [3.8, 4) is 11.3 Å². The third-order valence-electron chi connectivity index (χ3n) is 2.82. The van der Waals surface area contributed by atoms with Gasteiger partial charge in [0.1, 0.15) is 0 Å². The third-order valence-corrected chi connectivity index (χ3v) is 4.11. The van der Waals surface area contributed by atoms with Crippen LogP contribution in [0.15, 0.2) is 34.1 Å². The number of rotatable bonds is 3. The zero-order valence-corrected chi connectivity index (χ0v) is 11.9. The fourth-order valence-electron chi connectivity index (χ4n) is 1.64. The Bertz CT molecular complexity index is 575. The van der Waals surface area contributed by atoms with E-state index in [0.717, 1.165) is 28.6 Å². The van der Waals surface area contributed by atoms with Gasteiger partial charge in [0.25, 0.3) is 0 Å². The summed E-state index contributed by atoms with van der Waals surface area (Å²) in [5.74, 6) is 0.316. The van der Waals surface area contributed by atoms with Gasteiger partial charge >= 0.3 is 0 Å². The van der Waals surface area contributed by atoms with Crippen molar-refractivity contribution in [2.24, 2.45) is 5.92 Å². The van der Waals surface area contributed by atoms with Crippen LogP contribution in [0.2, 0.25) is 0 Å². The van der Waals surface area contributed by atoms with Gasteiger partial charge in [-0.15, -0.1) is 11.3 Å². The third kappa shape index (κ3) is 2.62. The number of nitrogens with one attached hydrogen (secondary N) is 1. The zero-order valence-electron chi connectivity index (χ0n) is 9.52. The largest absolute Gasteiger partial charge is 0.302 e. The zero-order chi connectivity index (χ0) is 12.5. The maximum Gasteiger partial charge on any atom is 0.229 e. The van der Waals surface area contributed by atoms with Crippen LogP contribution >= 0.6 is 27.3 Å². The molecular weight excluding hydrogens is 312 g/mol. The van der Waals surface area contributed by atoms with Gasteiger partial charge in [-0.05, 0) is 25.0 Å². The maximum atomic E-state index is 11.6. The maximum absolute atomic E-state index is 11.6. The van der Waals surface area contributed by atoms with Crippen LogP contribution in [-0.4, -0.2) is 10.9 Å². The van der Waals surface area contributed by atoms with Crippen molar-refractivity contribution in [1.82, 2.24) is 4.98 Å². The molecule has 0 saturated heterocycles. The van der Waals surface area contributed by atoms with Crippen LogP contribution in [0.4, 0.5) is 5.13 Å². The second-order valence-electron chi connectivity index (χ2n) is 4.31. The number of amides is 1. The quantitative estimate of drug-likeness (QED) is 0.930. The highest BCUT2D eigenvalue weighted by atomic mass is 79.9. The van der Waals surface area contributed by atoms with Crippen LogP contribution < -0.4 is 5.32 Å². The highest BCUT2D eigenvalue weighted by molar-refractivity contribution is 9.10. The molecule has 0 bridgehead atoms. The smallest absolute Gasteiger partial charge is 0.229 e. The summed E-state index contributed by atoms with van der Waals surface area (Å²) in [5.41, 5.74) is 1.96. The minimum atomic E-state index is 0.103. The predicted molar refractivity (Wildman–Crippen MR) is 76.6 cm³/mol. The molecule has 0 aliphatic heterocycles. The van der Waals surface area contributed by atoms with E-state index in [-0.39, 0.29) is 11.8 Å². The molecule has 3 nitrogen and oxygen atoms in total. The van der Waals surface area contributed by atoms with Crippen molar-refractivity contribution in [2.75, 3.05) is 5.32 Å². The van der Waals surface area contributed by atoms with E-state index in [4.69, 9.17) is 0 Å². The molecule has 92 valence electrons. The lowest BCUT2D eigenvalue weighted by Gasteiger charge is -1.98. The number of thiazole rings is 1. The van der Waals surface area contributed by atoms with Gasteiger partial charge in [0.05, 0.1) is 5.69 Å². The summed E-state index contributed by atoms with van der Waals surface area (Å²) >= 11 is 4.87. The first-order valence-electron chi connectivity index (χ1n) is 5.75. The molecule has 1 aromatic heterocycles. The van der Waals surface area contributed by atoms with Gasteiger partial charge in [-0.1, -0.05) is 28.1 Å². The molecule has 1 aromatic carbocycles. The van der Waals surface area contributed by atoms with Gasteiger partial charge in [-0.25, -0.2) is 4.98 Å². The summed E-state index contributed by atoms with van der Waals surface area (Å²) in [6, 6.07) is 7.98. The number of hydrogen-bond donors (Lipinski definition) is 1. The molecule has 18 heavy (non-hydrogen) atoms. The number of benzene rings is 1. The molecule has 0 spiro atoms. The Morgan fingerprint density at radius 1 is 1.33 bits per heavy atom. The Balaban J connectivity index is 1.76. The average Bonchev–Trinajstić information content (AvgIpc) is 3.12. The van der Waals surface area contributed by atoms with Crippen molar-refractivity contribution in [1.29, 1.82) is 0 Å². The first kappa shape index (κ1) is 11.9. The van der Waals surface area contributed by atoms with E-state index in [1.165, 1.54) is 11.3 Å². The summed E-state index contributed by atoms with van der Waals surface area (Å²) in [6.07, 6.45) is 2.02. The summed E-state index contributed by atoms with van der Waals surface area (Å²) < 4.78 is 1.05. The van der Waals surface area contributed by atoms with E-state index in [2.05, 4.69) is 26.2 Å². The molecule has 0 radical (unpaired) electrons. The van der Waals surface area contributed by atoms with Crippen molar-refractivity contribution in [3.05, 3.63) is 34.1 Å². The first-order chi connectivity index (χ1) is 8.72. The molecule has 1 heterocycles. The average molecular weight is 323 g/mol. The molecule has 3 rings (SSSR count). The lowest BCUT2D eigenvalue weighted by Crippen LogP contribution is -2.12. The monoisotopic (exact) mass is 322 g/mol. The standard InChI is InChI=1S/C13H11BrN2OS/c14-10-5-3-8(4-6-10)11-7-18-13(15-11)16-12(17)9-1-2-9/h3-7,9H,1-2H2,(H,15,16,17). The Labute approximate surface area is 117 Å². The number of aromatic nitrogens is 1. The van der Waals surface area contributed by atoms with Gasteiger partial charge in [-0.3, -0.25) is 4.79 Å². The van der Waals surface area contributed by atoms with E-state index in [1.807, 2.05) is 29.6 Å². The van der Waals surface area contributed by atoms with Gasteiger partial charge in [0, 0.05) is 21.3 Å². The van der Waals surface area contributed by atoms with Crippen LogP contribution in [0.5, 0.6) is 0 Å². The molecule has 1 amide bonds. The molecule has 5 heteroatoms.